The van der Waals surface area contributed by atoms with Crippen molar-refractivity contribution in [2.45, 2.75) is 44.9 Å². The van der Waals surface area contributed by atoms with Gasteiger partial charge in [-0.1, -0.05) is 41.4 Å². The Morgan fingerprint density at radius 2 is 1.71 bits per heavy atom. The van der Waals surface area contributed by atoms with Gasteiger partial charge in [-0.25, -0.2) is 12.7 Å². The molecule has 0 saturated carbocycles. The van der Waals surface area contributed by atoms with Crippen LogP contribution >= 0.6 is 23.2 Å². The number of benzene rings is 2. The summed E-state index contributed by atoms with van der Waals surface area (Å²) in [5, 5.41) is 6.50. The summed E-state index contributed by atoms with van der Waals surface area (Å²) in [7, 11) is -3.59. The summed E-state index contributed by atoms with van der Waals surface area (Å²) in [5.41, 5.74) is 0.881. The molecule has 3 rings (SSSR count). The third kappa shape index (κ3) is 6.95. The minimum atomic E-state index is -3.59. The predicted molar refractivity (Wildman–Crippen MR) is 136 cm³/mol. The third-order valence-corrected chi connectivity index (χ3v) is 7.90. The molecule has 10 heteroatoms. The highest BCUT2D eigenvalue weighted by Gasteiger charge is 2.32. The highest BCUT2D eigenvalue weighted by Crippen LogP contribution is 2.27. The van der Waals surface area contributed by atoms with E-state index in [2.05, 4.69) is 10.6 Å². The van der Waals surface area contributed by atoms with Crippen LogP contribution in [0.3, 0.4) is 0 Å². The molecule has 34 heavy (non-hydrogen) atoms. The second-order valence-electron chi connectivity index (χ2n) is 9.40. The first kappa shape index (κ1) is 26.5. The van der Waals surface area contributed by atoms with Gasteiger partial charge in [0.15, 0.2) is 0 Å². The number of amides is 2. The van der Waals surface area contributed by atoms with E-state index in [1.165, 1.54) is 10.4 Å². The van der Waals surface area contributed by atoms with Gasteiger partial charge in [0.25, 0.3) is 5.91 Å². The summed E-state index contributed by atoms with van der Waals surface area (Å²) in [5.74, 6) is -1.08. The molecule has 7 nitrogen and oxygen atoms in total. The molecule has 0 spiro atoms. The molecular weight excluding hydrogens is 497 g/mol. The van der Waals surface area contributed by atoms with Gasteiger partial charge in [-0.05, 0) is 63.4 Å². The first-order chi connectivity index (χ1) is 15.9. The lowest BCUT2D eigenvalue weighted by molar-refractivity contribution is -0.120. The van der Waals surface area contributed by atoms with Crippen molar-refractivity contribution in [2.24, 2.45) is 5.92 Å². The van der Waals surface area contributed by atoms with E-state index in [-0.39, 0.29) is 36.6 Å². The summed E-state index contributed by atoms with van der Waals surface area (Å²) < 4.78 is 27.2. The van der Waals surface area contributed by atoms with Crippen LogP contribution in [0.15, 0.2) is 42.5 Å². The average Bonchev–Trinajstić information content (AvgIpc) is 2.75. The van der Waals surface area contributed by atoms with Crippen molar-refractivity contribution in [2.75, 3.05) is 18.4 Å². The number of hydrogen-bond acceptors (Lipinski definition) is 4. The Kier molecular flexibility index (Phi) is 8.29. The van der Waals surface area contributed by atoms with Crippen LogP contribution in [0.5, 0.6) is 0 Å². The third-order valence-electron chi connectivity index (χ3n) is 5.49. The van der Waals surface area contributed by atoms with E-state index in [1.807, 2.05) is 20.8 Å². The van der Waals surface area contributed by atoms with Gasteiger partial charge in [0.2, 0.25) is 15.9 Å². The first-order valence-corrected chi connectivity index (χ1v) is 13.4. The average molecular weight is 526 g/mol. The minimum absolute atomic E-state index is 0.226. The summed E-state index contributed by atoms with van der Waals surface area (Å²) in [6, 6.07) is 11.6. The summed E-state index contributed by atoms with van der Waals surface area (Å²) >= 11 is 12.0. The zero-order valence-corrected chi connectivity index (χ0v) is 21.7. The highest BCUT2D eigenvalue weighted by molar-refractivity contribution is 7.88. The van der Waals surface area contributed by atoms with E-state index in [1.54, 1.807) is 36.4 Å². The summed E-state index contributed by atoms with van der Waals surface area (Å²) in [6.07, 6.45) is 0.769. The van der Waals surface area contributed by atoms with E-state index in [9.17, 15) is 18.0 Å². The normalized spacial score (nSPS) is 15.7. The molecule has 2 aromatic rings. The van der Waals surface area contributed by atoms with Crippen LogP contribution in [0.4, 0.5) is 5.69 Å². The molecule has 2 aromatic carbocycles. The van der Waals surface area contributed by atoms with Crippen LogP contribution in [0.2, 0.25) is 10.0 Å². The number of piperidine rings is 1. The number of hydrogen-bond donors (Lipinski definition) is 2. The Morgan fingerprint density at radius 1 is 1.06 bits per heavy atom. The number of nitrogens with zero attached hydrogens (tertiary/aromatic N) is 1. The van der Waals surface area contributed by atoms with Gasteiger partial charge in [0.05, 0.1) is 17.0 Å². The maximum absolute atomic E-state index is 12.9. The Balaban J connectivity index is 1.62. The van der Waals surface area contributed by atoms with Crippen LogP contribution < -0.4 is 10.6 Å². The number of anilines is 1. The first-order valence-electron chi connectivity index (χ1n) is 11.0. The topological polar surface area (TPSA) is 95.6 Å². The van der Waals surface area contributed by atoms with E-state index in [4.69, 9.17) is 23.2 Å². The lowest BCUT2D eigenvalue weighted by Gasteiger charge is -2.31. The highest BCUT2D eigenvalue weighted by atomic mass is 35.5. The maximum atomic E-state index is 12.9. The molecule has 1 aliphatic rings. The molecule has 1 fully saturated rings. The Labute approximate surface area is 210 Å². The summed E-state index contributed by atoms with van der Waals surface area (Å²) in [6.45, 7) is 6.12. The molecule has 2 N–H and O–H groups in total. The van der Waals surface area contributed by atoms with Gasteiger partial charge in [-0.2, -0.15) is 0 Å². The molecule has 184 valence electrons. The molecule has 0 unspecified atom stereocenters. The Hall–Kier alpha value is -2.13. The van der Waals surface area contributed by atoms with Crippen molar-refractivity contribution in [1.29, 1.82) is 0 Å². The smallest absolute Gasteiger partial charge is 0.253 e. The van der Waals surface area contributed by atoms with Crippen molar-refractivity contribution < 1.29 is 18.0 Å². The van der Waals surface area contributed by atoms with Crippen molar-refractivity contribution in [3.05, 3.63) is 63.6 Å². The number of nitrogens with one attached hydrogen (secondary N) is 2. The zero-order chi connectivity index (χ0) is 25.1. The molecular formula is C24H29Cl2N3O4S. The van der Waals surface area contributed by atoms with Crippen molar-refractivity contribution in [3.8, 4) is 0 Å². The SMILES string of the molecule is CC(C)(C)NC(=O)c1ccccc1NC(=O)C1CCN(S(=O)(=O)Cc2ccc(Cl)cc2Cl)CC1. The second-order valence-corrected chi connectivity index (χ2v) is 12.2. The number of carbonyl (C=O) groups excluding carboxylic acids is 2. The fourth-order valence-corrected chi connectivity index (χ4v) is 5.90. The molecule has 2 amide bonds. The molecule has 1 saturated heterocycles. The standard InChI is InChI=1S/C24H29Cl2N3O4S/c1-24(2,3)28-23(31)19-6-4-5-7-21(19)27-22(30)16-10-12-29(13-11-16)34(32,33)15-17-8-9-18(25)14-20(17)26/h4-9,14,16H,10-13,15H2,1-3H3,(H,27,30)(H,28,31). The summed E-state index contributed by atoms with van der Waals surface area (Å²) in [4.78, 5) is 25.5. The van der Waals surface area contributed by atoms with Crippen LogP contribution in [0, 0.1) is 5.92 Å². The monoisotopic (exact) mass is 525 g/mol. The fourth-order valence-electron chi connectivity index (χ4n) is 3.76. The van der Waals surface area contributed by atoms with Gasteiger partial charge in [-0.3, -0.25) is 9.59 Å². The molecule has 1 aliphatic heterocycles. The van der Waals surface area contributed by atoms with E-state index in [0.29, 0.717) is 39.7 Å². The molecule has 0 aliphatic carbocycles. The number of rotatable bonds is 6. The van der Waals surface area contributed by atoms with Gasteiger partial charge < -0.3 is 10.6 Å². The molecule has 0 radical (unpaired) electrons. The lowest BCUT2D eigenvalue weighted by Crippen LogP contribution is -2.42. The number of sulfonamides is 1. The van der Waals surface area contributed by atoms with Gasteiger partial charge in [-0.15, -0.1) is 0 Å². The second kappa shape index (κ2) is 10.6. The van der Waals surface area contributed by atoms with Crippen LogP contribution in [0.25, 0.3) is 0 Å². The van der Waals surface area contributed by atoms with Crippen molar-refractivity contribution in [1.82, 2.24) is 9.62 Å². The largest absolute Gasteiger partial charge is 0.347 e. The Bertz CT molecular complexity index is 1170. The lowest BCUT2D eigenvalue weighted by atomic mass is 9.97. The van der Waals surface area contributed by atoms with Crippen molar-refractivity contribution in [3.63, 3.8) is 0 Å². The van der Waals surface area contributed by atoms with E-state index < -0.39 is 15.6 Å². The molecule has 0 aromatic heterocycles. The number of carbonyl (C=O) groups is 2. The Morgan fingerprint density at radius 3 is 2.32 bits per heavy atom. The predicted octanol–water partition coefficient (Wildman–Crippen LogP) is 4.70. The van der Waals surface area contributed by atoms with Gasteiger partial charge in [0, 0.05) is 34.6 Å². The van der Waals surface area contributed by atoms with Crippen molar-refractivity contribution >= 4 is 50.7 Å². The van der Waals surface area contributed by atoms with Crippen LogP contribution in [-0.2, 0) is 20.6 Å². The van der Waals surface area contributed by atoms with E-state index in [0.717, 1.165) is 0 Å². The van der Waals surface area contributed by atoms with Crippen LogP contribution in [-0.4, -0.2) is 43.2 Å². The van der Waals surface area contributed by atoms with E-state index >= 15 is 0 Å². The molecule has 0 bridgehead atoms. The molecule has 1 heterocycles. The van der Waals surface area contributed by atoms with Gasteiger partial charge in [0.1, 0.15) is 0 Å². The van der Waals surface area contributed by atoms with Crippen LogP contribution in [0.1, 0.15) is 49.5 Å². The fraction of sp³-hybridized carbons (Fsp3) is 0.417. The quantitative estimate of drug-likeness (QED) is 0.571. The minimum Gasteiger partial charge on any atom is -0.347 e. The van der Waals surface area contributed by atoms with Gasteiger partial charge >= 0.3 is 0 Å². The number of halogens is 2. The zero-order valence-electron chi connectivity index (χ0n) is 19.4. The maximum Gasteiger partial charge on any atom is 0.253 e. The number of para-hydroxylation sites is 1. The molecule has 0 atom stereocenters.